The molecule has 160 valence electrons. The highest BCUT2D eigenvalue weighted by atomic mass is 32.1. The third-order valence-corrected chi connectivity index (χ3v) is 8.01. The highest BCUT2D eigenvalue weighted by molar-refractivity contribution is 7.09. The van der Waals surface area contributed by atoms with E-state index in [9.17, 15) is 9.59 Å². The Hall–Kier alpha value is -1.43. The minimum absolute atomic E-state index is 0.123. The van der Waals surface area contributed by atoms with Crippen LogP contribution in [0, 0.1) is 23.2 Å². The molecule has 1 aromatic heterocycles. The Morgan fingerprint density at radius 3 is 2.38 bits per heavy atom. The molecule has 0 radical (unpaired) electrons. The Labute approximate surface area is 178 Å². The van der Waals surface area contributed by atoms with Crippen molar-refractivity contribution in [3.63, 3.8) is 0 Å². The second kappa shape index (κ2) is 8.75. The molecule has 5 rings (SSSR count). The number of thiazole rings is 1. The number of rotatable bonds is 9. The molecule has 0 unspecified atom stereocenters. The quantitative estimate of drug-likeness (QED) is 0.416. The predicted octanol–water partition coefficient (Wildman–Crippen LogP) is 5.06. The van der Waals surface area contributed by atoms with Crippen LogP contribution in [0.4, 0.5) is 0 Å². The fraction of sp³-hybridized carbons (Fsp3) is 0.783. The summed E-state index contributed by atoms with van der Waals surface area (Å²) in [7, 11) is 0. The summed E-state index contributed by atoms with van der Waals surface area (Å²) in [6.45, 7) is 5.65. The van der Waals surface area contributed by atoms with Gasteiger partial charge in [0.15, 0.2) is 5.69 Å². The number of nitrogens with zero attached hydrogens (tertiary/aromatic N) is 2. The second-order valence-corrected chi connectivity index (χ2v) is 10.4. The number of esters is 1. The average molecular weight is 419 g/mol. The molecular formula is C23H34N2O3S. The smallest absolute Gasteiger partial charge is 0.357 e. The Bertz CT molecular complexity index is 709. The van der Waals surface area contributed by atoms with Crippen LogP contribution in [0.2, 0.25) is 0 Å². The van der Waals surface area contributed by atoms with Crippen molar-refractivity contribution in [3.05, 3.63) is 16.1 Å². The average Bonchev–Trinajstić information content (AvgIpc) is 3.15. The number of carbonyl (C=O) groups excluding carboxylic acids is 2. The SMILES string of the molecule is CCCCCN(Cc1nc(C(=O)OCC)cs1)C(=O)C12CC3CC(CC(C3)C1)C2. The van der Waals surface area contributed by atoms with Crippen LogP contribution in [0.5, 0.6) is 0 Å². The Kier molecular flexibility index (Phi) is 6.28. The van der Waals surface area contributed by atoms with Crippen LogP contribution in [-0.4, -0.2) is 34.9 Å². The van der Waals surface area contributed by atoms with E-state index < -0.39 is 0 Å². The van der Waals surface area contributed by atoms with Gasteiger partial charge in [-0.25, -0.2) is 9.78 Å². The van der Waals surface area contributed by atoms with Crippen molar-refractivity contribution in [1.82, 2.24) is 9.88 Å². The van der Waals surface area contributed by atoms with Gasteiger partial charge >= 0.3 is 5.97 Å². The first-order chi connectivity index (χ1) is 14.0. The molecule has 1 aromatic rings. The van der Waals surface area contributed by atoms with Gasteiger partial charge in [-0.15, -0.1) is 11.3 Å². The van der Waals surface area contributed by atoms with E-state index in [2.05, 4.69) is 16.8 Å². The van der Waals surface area contributed by atoms with Crippen LogP contribution in [0.3, 0.4) is 0 Å². The minimum atomic E-state index is -0.375. The van der Waals surface area contributed by atoms with Gasteiger partial charge in [-0.3, -0.25) is 4.79 Å². The minimum Gasteiger partial charge on any atom is -0.461 e. The predicted molar refractivity (Wildman–Crippen MR) is 114 cm³/mol. The van der Waals surface area contributed by atoms with Crippen LogP contribution in [0.15, 0.2) is 5.38 Å². The lowest BCUT2D eigenvalue weighted by Gasteiger charge is -2.56. The Morgan fingerprint density at radius 2 is 1.79 bits per heavy atom. The zero-order chi connectivity index (χ0) is 20.4. The first-order valence-electron chi connectivity index (χ1n) is 11.4. The molecule has 1 heterocycles. The molecule has 4 aliphatic carbocycles. The van der Waals surface area contributed by atoms with Crippen molar-refractivity contribution >= 4 is 23.2 Å². The number of hydrogen-bond acceptors (Lipinski definition) is 5. The first kappa shape index (κ1) is 20.8. The molecule has 4 bridgehead atoms. The number of ether oxygens (including phenoxy) is 1. The molecule has 6 heteroatoms. The van der Waals surface area contributed by atoms with Gasteiger partial charge in [0.05, 0.1) is 18.6 Å². The maximum Gasteiger partial charge on any atom is 0.357 e. The summed E-state index contributed by atoms with van der Waals surface area (Å²) in [5, 5.41) is 2.59. The van der Waals surface area contributed by atoms with Gasteiger partial charge < -0.3 is 9.64 Å². The summed E-state index contributed by atoms with van der Waals surface area (Å²) in [5.74, 6) is 2.27. The standard InChI is InChI=1S/C23H34N2O3S/c1-3-5-6-7-25(14-20-24-19(15-29-20)21(26)28-4-2)22(27)23-11-16-8-17(12-23)10-18(9-16)13-23/h15-18H,3-14H2,1-2H3. The number of unbranched alkanes of at least 4 members (excludes halogenated alkanes) is 2. The topological polar surface area (TPSA) is 59.5 Å². The molecule has 1 amide bonds. The van der Waals surface area contributed by atoms with Crippen molar-refractivity contribution in [2.24, 2.45) is 23.2 Å². The summed E-state index contributed by atoms with van der Waals surface area (Å²) in [5.41, 5.74) is 0.241. The van der Waals surface area contributed by atoms with Crippen LogP contribution < -0.4 is 0 Å². The monoisotopic (exact) mass is 418 g/mol. The molecular weight excluding hydrogens is 384 g/mol. The van der Waals surface area contributed by atoms with Crippen LogP contribution in [0.1, 0.15) is 87.1 Å². The maximum absolute atomic E-state index is 13.8. The van der Waals surface area contributed by atoms with Gasteiger partial charge in [-0.2, -0.15) is 0 Å². The lowest BCUT2D eigenvalue weighted by atomic mass is 9.49. The van der Waals surface area contributed by atoms with E-state index in [1.165, 1.54) is 30.6 Å². The number of carbonyl (C=O) groups is 2. The van der Waals surface area contributed by atoms with Crippen LogP contribution >= 0.6 is 11.3 Å². The molecule has 4 aliphatic rings. The molecule has 5 nitrogen and oxygen atoms in total. The van der Waals surface area contributed by atoms with Gasteiger partial charge in [0.2, 0.25) is 5.91 Å². The summed E-state index contributed by atoms with van der Waals surface area (Å²) in [6, 6.07) is 0. The van der Waals surface area contributed by atoms with Crippen LogP contribution in [0.25, 0.3) is 0 Å². The molecule has 0 atom stereocenters. The zero-order valence-corrected chi connectivity index (χ0v) is 18.6. The lowest BCUT2D eigenvalue weighted by molar-refractivity contribution is -0.158. The maximum atomic E-state index is 13.8. The number of hydrogen-bond donors (Lipinski definition) is 0. The van der Waals surface area contributed by atoms with E-state index in [0.717, 1.165) is 67.8 Å². The van der Waals surface area contributed by atoms with Crippen molar-refractivity contribution < 1.29 is 14.3 Å². The van der Waals surface area contributed by atoms with E-state index in [4.69, 9.17) is 4.74 Å². The van der Waals surface area contributed by atoms with Gasteiger partial charge in [0.25, 0.3) is 0 Å². The van der Waals surface area contributed by atoms with Crippen molar-refractivity contribution in [1.29, 1.82) is 0 Å². The van der Waals surface area contributed by atoms with E-state index in [-0.39, 0.29) is 11.4 Å². The fourth-order valence-electron chi connectivity index (χ4n) is 6.36. The van der Waals surface area contributed by atoms with Gasteiger partial charge in [-0.05, 0) is 69.6 Å². The fourth-order valence-corrected chi connectivity index (χ4v) is 7.14. The molecule has 0 spiro atoms. The van der Waals surface area contributed by atoms with Crippen molar-refractivity contribution in [2.75, 3.05) is 13.2 Å². The largest absolute Gasteiger partial charge is 0.461 e. The van der Waals surface area contributed by atoms with Gasteiger partial charge in [-0.1, -0.05) is 19.8 Å². The van der Waals surface area contributed by atoms with E-state index in [0.29, 0.717) is 24.8 Å². The Morgan fingerprint density at radius 1 is 1.14 bits per heavy atom. The third kappa shape index (κ3) is 4.37. The van der Waals surface area contributed by atoms with Gasteiger partial charge in [0, 0.05) is 11.9 Å². The second-order valence-electron chi connectivity index (χ2n) is 9.48. The van der Waals surface area contributed by atoms with E-state index in [1.807, 2.05) is 0 Å². The molecule has 4 saturated carbocycles. The normalized spacial score (nSPS) is 29.8. The summed E-state index contributed by atoms with van der Waals surface area (Å²) < 4.78 is 5.06. The molecule has 0 aromatic carbocycles. The van der Waals surface area contributed by atoms with Crippen molar-refractivity contribution in [2.45, 2.75) is 78.2 Å². The Balaban J connectivity index is 1.49. The van der Waals surface area contributed by atoms with E-state index in [1.54, 1.807) is 12.3 Å². The first-order valence-corrected chi connectivity index (χ1v) is 12.3. The number of aromatic nitrogens is 1. The van der Waals surface area contributed by atoms with Crippen LogP contribution in [-0.2, 0) is 16.1 Å². The van der Waals surface area contributed by atoms with Gasteiger partial charge in [0.1, 0.15) is 5.01 Å². The zero-order valence-electron chi connectivity index (χ0n) is 17.8. The highest BCUT2D eigenvalue weighted by Gasteiger charge is 2.55. The molecule has 4 fully saturated rings. The lowest BCUT2D eigenvalue weighted by Crippen LogP contribution is -2.54. The molecule has 29 heavy (non-hydrogen) atoms. The van der Waals surface area contributed by atoms with Crippen molar-refractivity contribution in [3.8, 4) is 0 Å². The third-order valence-electron chi connectivity index (χ3n) is 7.17. The summed E-state index contributed by atoms with van der Waals surface area (Å²) >= 11 is 1.46. The van der Waals surface area contributed by atoms with E-state index >= 15 is 0 Å². The molecule has 0 aliphatic heterocycles. The highest BCUT2D eigenvalue weighted by Crippen LogP contribution is 2.60. The summed E-state index contributed by atoms with van der Waals surface area (Å²) in [6.07, 6.45) is 10.6. The number of amides is 1. The summed E-state index contributed by atoms with van der Waals surface area (Å²) in [4.78, 5) is 32.4. The molecule has 0 N–H and O–H groups in total. The molecule has 0 saturated heterocycles.